The topological polar surface area (TPSA) is 115 Å². The number of rotatable bonds is 7. The summed E-state index contributed by atoms with van der Waals surface area (Å²) in [5.74, 6) is 0.473. The summed E-state index contributed by atoms with van der Waals surface area (Å²) in [4.78, 5) is 26.6. The number of amides is 1. The SMILES string of the molecule is Cn1c(-c2ccc(-n3ccnc3)cc2)cnc1C(Cc1ccccn1)NC(=O)c1cc2cc(C#N)ccc2o1. The third kappa shape index (κ3) is 4.79. The van der Waals surface area contributed by atoms with Gasteiger partial charge in [0, 0.05) is 48.8 Å². The Morgan fingerprint density at radius 2 is 1.95 bits per heavy atom. The molecule has 9 heteroatoms. The summed E-state index contributed by atoms with van der Waals surface area (Å²) in [6.07, 6.45) is 9.37. The Kier molecular flexibility index (Phi) is 6.19. The Bertz CT molecular complexity index is 1790. The highest BCUT2D eigenvalue weighted by atomic mass is 16.3. The van der Waals surface area contributed by atoms with Gasteiger partial charge in [-0.15, -0.1) is 0 Å². The number of carbonyl (C=O) groups is 1. The van der Waals surface area contributed by atoms with Crippen LogP contribution in [0.1, 0.15) is 33.7 Å². The summed E-state index contributed by atoms with van der Waals surface area (Å²) >= 11 is 0. The molecule has 0 aliphatic heterocycles. The van der Waals surface area contributed by atoms with Crippen molar-refractivity contribution in [1.29, 1.82) is 5.26 Å². The third-order valence-corrected chi connectivity index (χ3v) is 6.62. The standard InChI is InChI=1S/C30H23N7O2/c1-36-26(21-6-8-24(9-7-21)37-13-12-32-19-37)18-34-29(36)25(16-23-4-2-3-11-33-23)35-30(38)28-15-22-14-20(17-31)5-10-27(22)39-28/h2-15,18-19,25H,16H2,1H3,(H,35,38). The molecule has 190 valence electrons. The average Bonchev–Trinajstić information content (AvgIpc) is 3.73. The van der Waals surface area contributed by atoms with E-state index in [9.17, 15) is 10.1 Å². The molecule has 0 aliphatic rings. The predicted octanol–water partition coefficient (Wildman–Crippen LogP) is 5.00. The Balaban J connectivity index is 1.31. The van der Waals surface area contributed by atoms with Crippen molar-refractivity contribution >= 4 is 16.9 Å². The molecule has 6 rings (SSSR count). The van der Waals surface area contributed by atoms with Crippen LogP contribution in [-0.4, -0.2) is 30.0 Å². The van der Waals surface area contributed by atoms with Gasteiger partial charge in [0.25, 0.3) is 5.91 Å². The van der Waals surface area contributed by atoms with E-state index in [2.05, 4.69) is 21.4 Å². The van der Waals surface area contributed by atoms with Crippen molar-refractivity contribution in [3.63, 3.8) is 0 Å². The Morgan fingerprint density at radius 1 is 1.08 bits per heavy atom. The van der Waals surface area contributed by atoms with Gasteiger partial charge < -0.3 is 18.9 Å². The quantitative estimate of drug-likeness (QED) is 0.321. The maximum absolute atomic E-state index is 13.3. The summed E-state index contributed by atoms with van der Waals surface area (Å²) in [5, 5.41) is 13.0. The van der Waals surface area contributed by atoms with Crippen molar-refractivity contribution < 1.29 is 9.21 Å². The summed E-state index contributed by atoms with van der Waals surface area (Å²) in [5.41, 5.74) is 4.77. The molecule has 39 heavy (non-hydrogen) atoms. The fraction of sp³-hybridized carbons (Fsp3) is 0.100. The minimum Gasteiger partial charge on any atom is -0.451 e. The maximum atomic E-state index is 13.3. The highest BCUT2D eigenvalue weighted by Gasteiger charge is 2.24. The number of benzene rings is 2. The Morgan fingerprint density at radius 3 is 2.69 bits per heavy atom. The first-order valence-electron chi connectivity index (χ1n) is 12.3. The Hall–Kier alpha value is -5.49. The van der Waals surface area contributed by atoms with Crippen LogP contribution < -0.4 is 5.32 Å². The lowest BCUT2D eigenvalue weighted by atomic mass is 10.1. The zero-order chi connectivity index (χ0) is 26.8. The molecular formula is C30H23N7O2. The molecule has 1 unspecified atom stereocenters. The second kappa shape index (κ2) is 10.1. The molecule has 2 aromatic carbocycles. The van der Waals surface area contributed by atoms with Crippen LogP contribution in [0, 0.1) is 11.3 Å². The molecule has 0 radical (unpaired) electrons. The van der Waals surface area contributed by atoms with Crippen LogP contribution in [0.4, 0.5) is 0 Å². The van der Waals surface area contributed by atoms with Crippen molar-refractivity contribution in [2.24, 2.45) is 7.05 Å². The van der Waals surface area contributed by atoms with Crippen molar-refractivity contribution in [2.75, 3.05) is 0 Å². The van der Waals surface area contributed by atoms with E-state index in [4.69, 9.17) is 9.40 Å². The molecule has 0 spiro atoms. The molecule has 0 fully saturated rings. The molecule has 4 aromatic heterocycles. The fourth-order valence-corrected chi connectivity index (χ4v) is 4.62. The molecule has 1 N–H and O–H groups in total. The van der Waals surface area contributed by atoms with E-state index >= 15 is 0 Å². The number of furan rings is 1. The van der Waals surface area contributed by atoms with Gasteiger partial charge in [0.15, 0.2) is 5.76 Å². The smallest absolute Gasteiger partial charge is 0.287 e. The van der Waals surface area contributed by atoms with Gasteiger partial charge in [-0.25, -0.2) is 9.97 Å². The van der Waals surface area contributed by atoms with E-state index in [0.717, 1.165) is 22.6 Å². The number of carbonyl (C=O) groups excluding carboxylic acids is 1. The molecule has 6 aromatic rings. The van der Waals surface area contributed by atoms with Crippen LogP contribution in [0.3, 0.4) is 0 Å². The number of fused-ring (bicyclic) bond motifs is 1. The van der Waals surface area contributed by atoms with Crippen molar-refractivity contribution in [2.45, 2.75) is 12.5 Å². The summed E-state index contributed by atoms with van der Waals surface area (Å²) in [6, 6.07) is 22.1. The monoisotopic (exact) mass is 513 g/mol. The van der Waals surface area contributed by atoms with Crippen LogP contribution >= 0.6 is 0 Å². The number of imidazole rings is 2. The van der Waals surface area contributed by atoms with Gasteiger partial charge in [-0.3, -0.25) is 9.78 Å². The number of nitriles is 1. The molecule has 1 amide bonds. The summed E-state index contributed by atoms with van der Waals surface area (Å²) < 4.78 is 9.72. The van der Waals surface area contributed by atoms with Crippen LogP contribution in [0.2, 0.25) is 0 Å². The molecule has 0 saturated heterocycles. The maximum Gasteiger partial charge on any atom is 0.287 e. The van der Waals surface area contributed by atoms with E-state index in [1.54, 1.807) is 43.0 Å². The molecular weight excluding hydrogens is 490 g/mol. The number of hydrogen-bond acceptors (Lipinski definition) is 6. The second-order valence-corrected chi connectivity index (χ2v) is 9.10. The fourth-order valence-electron chi connectivity index (χ4n) is 4.62. The van der Waals surface area contributed by atoms with Crippen LogP contribution in [0.5, 0.6) is 0 Å². The lowest BCUT2D eigenvalue weighted by molar-refractivity contribution is 0.0908. The molecule has 9 nitrogen and oxygen atoms in total. The largest absolute Gasteiger partial charge is 0.451 e. The highest BCUT2D eigenvalue weighted by Crippen LogP contribution is 2.27. The van der Waals surface area contributed by atoms with Gasteiger partial charge in [-0.05, 0) is 54.1 Å². The molecule has 4 heterocycles. The first-order valence-corrected chi connectivity index (χ1v) is 12.3. The van der Waals surface area contributed by atoms with Crippen LogP contribution in [-0.2, 0) is 13.5 Å². The van der Waals surface area contributed by atoms with Gasteiger partial charge in [-0.1, -0.05) is 18.2 Å². The summed E-state index contributed by atoms with van der Waals surface area (Å²) in [7, 11) is 1.93. The normalized spacial score (nSPS) is 11.8. The molecule has 1 atom stereocenters. The lowest BCUT2D eigenvalue weighted by Gasteiger charge is -2.18. The van der Waals surface area contributed by atoms with Crippen LogP contribution in [0.15, 0.2) is 102 Å². The number of nitrogens with zero attached hydrogens (tertiary/aromatic N) is 6. The first-order chi connectivity index (χ1) is 19.1. The minimum atomic E-state index is -0.473. The predicted molar refractivity (Wildman–Crippen MR) is 145 cm³/mol. The lowest BCUT2D eigenvalue weighted by Crippen LogP contribution is -2.31. The van der Waals surface area contributed by atoms with E-state index in [1.165, 1.54) is 0 Å². The number of pyridine rings is 1. The third-order valence-electron chi connectivity index (χ3n) is 6.62. The number of aromatic nitrogens is 5. The van der Waals surface area contributed by atoms with E-state index in [0.29, 0.717) is 28.8 Å². The molecule has 0 bridgehead atoms. The van der Waals surface area contributed by atoms with Gasteiger partial charge in [-0.2, -0.15) is 5.26 Å². The van der Waals surface area contributed by atoms with Crippen molar-refractivity contribution in [3.05, 3.63) is 121 Å². The van der Waals surface area contributed by atoms with Gasteiger partial charge in [0.05, 0.1) is 35.9 Å². The van der Waals surface area contributed by atoms with E-state index < -0.39 is 6.04 Å². The van der Waals surface area contributed by atoms with Crippen LogP contribution in [0.25, 0.3) is 27.9 Å². The highest BCUT2D eigenvalue weighted by molar-refractivity contribution is 5.96. The van der Waals surface area contributed by atoms with Crippen molar-refractivity contribution in [1.82, 2.24) is 29.4 Å². The Labute approximate surface area is 224 Å². The molecule has 0 aliphatic carbocycles. The minimum absolute atomic E-state index is 0.163. The molecule has 0 saturated carbocycles. The van der Waals surface area contributed by atoms with E-state index in [-0.39, 0.29) is 11.7 Å². The van der Waals surface area contributed by atoms with Gasteiger partial charge in [0.2, 0.25) is 0 Å². The number of nitrogens with one attached hydrogen (secondary N) is 1. The first kappa shape index (κ1) is 23.9. The van der Waals surface area contributed by atoms with Crippen molar-refractivity contribution in [3.8, 4) is 23.0 Å². The van der Waals surface area contributed by atoms with Gasteiger partial charge in [0.1, 0.15) is 11.4 Å². The van der Waals surface area contributed by atoms with E-state index in [1.807, 2.05) is 71.0 Å². The average molecular weight is 514 g/mol. The second-order valence-electron chi connectivity index (χ2n) is 9.10. The summed E-state index contributed by atoms with van der Waals surface area (Å²) in [6.45, 7) is 0. The number of hydrogen-bond donors (Lipinski definition) is 1. The zero-order valence-electron chi connectivity index (χ0n) is 21.0. The zero-order valence-corrected chi connectivity index (χ0v) is 21.0. The van der Waals surface area contributed by atoms with Gasteiger partial charge >= 0.3 is 0 Å².